The molecule has 4 rings (SSSR count). The maximum atomic E-state index is 12.6. The summed E-state index contributed by atoms with van der Waals surface area (Å²) in [6.45, 7) is 5.25. The van der Waals surface area contributed by atoms with Crippen LogP contribution in [0.15, 0.2) is 72.8 Å². The predicted molar refractivity (Wildman–Crippen MR) is 132 cm³/mol. The van der Waals surface area contributed by atoms with Gasteiger partial charge in [-0.1, -0.05) is 29.8 Å². The number of nitrogens with one attached hydrogen (secondary N) is 1. The van der Waals surface area contributed by atoms with Crippen molar-refractivity contribution in [2.45, 2.75) is 6.92 Å². The number of hydrogen-bond donors (Lipinski definition) is 1. The first kappa shape index (κ1) is 22.7. The third-order valence-electron chi connectivity index (χ3n) is 5.57. The van der Waals surface area contributed by atoms with E-state index in [1.807, 2.05) is 66.4 Å². The van der Waals surface area contributed by atoms with E-state index in [4.69, 9.17) is 16.3 Å². The summed E-state index contributed by atoms with van der Waals surface area (Å²) in [5.41, 5.74) is 2.95. The van der Waals surface area contributed by atoms with Gasteiger partial charge in [-0.25, -0.2) is 0 Å². The summed E-state index contributed by atoms with van der Waals surface area (Å²) in [6, 6.07) is 22.1. The third kappa shape index (κ3) is 5.46. The molecule has 0 spiro atoms. The Morgan fingerprint density at radius 3 is 2.24 bits per heavy atom. The number of hydrogen-bond acceptors (Lipinski definition) is 4. The van der Waals surface area contributed by atoms with Crippen molar-refractivity contribution in [2.75, 3.05) is 43.0 Å². The SMILES string of the molecule is CCOc1ccc(C(=O)Nc2ccc(N3CCN(C(=O)c4ccccc4)CC3)cc2)cc1Cl. The lowest BCUT2D eigenvalue weighted by Crippen LogP contribution is -2.48. The van der Waals surface area contributed by atoms with Gasteiger partial charge in [-0.15, -0.1) is 0 Å². The van der Waals surface area contributed by atoms with Crippen molar-refractivity contribution >= 4 is 34.8 Å². The number of nitrogens with zero attached hydrogens (tertiary/aromatic N) is 2. The summed E-state index contributed by atoms with van der Waals surface area (Å²) in [4.78, 5) is 29.3. The van der Waals surface area contributed by atoms with Gasteiger partial charge < -0.3 is 19.9 Å². The minimum Gasteiger partial charge on any atom is -0.492 e. The van der Waals surface area contributed by atoms with E-state index < -0.39 is 0 Å². The fourth-order valence-corrected chi connectivity index (χ4v) is 4.04. The Kier molecular flexibility index (Phi) is 7.15. The molecular formula is C26H26ClN3O3. The third-order valence-corrected chi connectivity index (χ3v) is 5.87. The molecule has 1 N–H and O–H groups in total. The summed E-state index contributed by atoms with van der Waals surface area (Å²) < 4.78 is 5.41. The Labute approximate surface area is 198 Å². The number of halogens is 1. The van der Waals surface area contributed by atoms with Crippen LogP contribution >= 0.6 is 11.6 Å². The average Bonchev–Trinajstić information content (AvgIpc) is 2.86. The van der Waals surface area contributed by atoms with Gasteiger partial charge in [-0.3, -0.25) is 9.59 Å². The molecule has 0 radical (unpaired) electrons. The van der Waals surface area contributed by atoms with E-state index in [9.17, 15) is 9.59 Å². The average molecular weight is 464 g/mol. The van der Waals surface area contributed by atoms with Gasteiger partial charge in [0.05, 0.1) is 11.6 Å². The van der Waals surface area contributed by atoms with Crippen molar-refractivity contribution in [2.24, 2.45) is 0 Å². The molecule has 6 nitrogen and oxygen atoms in total. The summed E-state index contributed by atoms with van der Waals surface area (Å²) in [7, 11) is 0. The van der Waals surface area contributed by atoms with Gasteiger partial charge in [0.15, 0.2) is 0 Å². The number of benzene rings is 3. The van der Waals surface area contributed by atoms with E-state index in [1.54, 1.807) is 18.2 Å². The lowest BCUT2D eigenvalue weighted by molar-refractivity contribution is 0.0746. The van der Waals surface area contributed by atoms with Gasteiger partial charge in [-0.2, -0.15) is 0 Å². The van der Waals surface area contributed by atoms with E-state index in [0.29, 0.717) is 41.7 Å². The van der Waals surface area contributed by atoms with Gasteiger partial charge in [-0.05, 0) is 61.5 Å². The lowest BCUT2D eigenvalue weighted by Gasteiger charge is -2.36. The maximum Gasteiger partial charge on any atom is 0.255 e. The van der Waals surface area contributed by atoms with Crippen molar-refractivity contribution in [3.8, 4) is 5.75 Å². The van der Waals surface area contributed by atoms with Crippen LogP contribution in [0.25, 0.3) is 0 Å². The Bertz CT molecular complexity index is 1110. The number of carbonyl (C=O) groups excluding carboxylic acids is 2. The fourth-order valence-electron chi connectivity index (χ4n) is 3.80. The smallest absolute Gasteiger partial charge is 0.255 e. The normalized spacial score (nSPS) is 13.5. The quantitative estimate of drug-likeness (QED) is 0.561. The Hall–Kier alpha value is -3.51. The highest BCUT2D eigenvalue weighted by atomic mass is 35.5. The molecule has 0 aromatic heterocycles. The number of amides is 2. The number of piperazine rings is 1. The molecular weight excluding hydrogens is 438 g/mol. The highest BCUT2D eigenvalue weighted by molar-refractivity contribution is 6.32. The number of ether oxygens (including phenoxy) is 1. The van der Waals surface area contributed by atoms with Crippen LogP contribution in [0.1, 0.15) is 27.6 Å². The van der Waals surface area contributed by atoms with Gasteiger partial charge in [0.25, 0.3) is 11.8 Å². The molecule has 1 aliphatic heterocycles. The highest BCUT2D eigenvalue weighted by Gasteiger charge is 2.22. The molecule has 2 amide bonds. The summed E-state index contributed by atoms with van der Waals surface area (Å²) >= 11 is 6.19. The van der Waals surface area contributed by atoms with E-state index in [1.165, 1.54) is 0 Å². The van der Waals surface area contributed by atoms with Crippen LogP contribution in [0.4, 0.5) is 11.4 Å². The van der Waals surface area contributed by atoms with Crippen LogP contribution in [-0.2, 0) is 0 Å². The van der Waals surface area contributed by atoms with Crippen molar-refractivity contribution in [1.82, 2.24) is 4.90 Å². The van der Waals surface area contributed by atoms with E-state index in [0.717, 1.165) is 24.3 Å². The van der Waals surface area contributed by atoms with Crippen molar-refractivity contribution < 1.29 is 14.3 Å². The van der Waals surface area contributed by atoms with Gasteiger partial charge >= 0.3 is 0 Å². The Morgan fingerprint density at radius 2 is 1.61 bits per heavy atom. The monoisotopic (exact) mass is 463 g/mol. The first-order valence-corrected chi connectivity index (χ1v) is 11.4. The first-order valence-electron chi connectivity index (χ1n) is 11.0. The zero-order valence-corrected chi connectivity index (χ0v) is 19.2. The number of carbonyl (C=O) groups is 2. The Morgan fingerprint density at radius 1 is 0.909 bits per heavy atom. The first-order chi connectivity index (χ1) is 16.0. The van der Waals surface area contributed by atoms with Crippen LogP contribution in [0.2, 0.25) is 5.02 Å². The molecule has 0 saturated carbocycles. The Balaban J connectivity index is 1.33. The fraction of sp³-hybridized carbons (Fsp3) is 0.231. The highest BCUT2D eigenvalue weighted by Crippen LogP contribution is 2.26. The second-order valence-corrected chi connectivity index (χ2v) is 8.13. The molecule has 33 heavy (non-hydrogen) atoms. The van der Waals surface area contributed by atoms with Gasteiger partial charge in [0.2, 0.25) is 0 Å². The second kappa shape index (κ2) is 10.4. The van der Waals surface area contributed by atoms with Crippen molar-refractivity contribution in [1.29, 1.82) is 0 Å². The number of rotatable bonds is 6. The van der Waals surface area contributed by atoms with Crippen LogP contribution in [0.3, 0.4) is 0 Å². The second-order valence-electron chi connectivity index (χ2n) is 7.72. The zero-order chi connectivity index (χ0) is 23.2. The van der Waals surface area contributed by atoms with Gasteiger partial charge in [0, 0.05) is 48.7 Å². The summed E-state index contributed by atoms with van der Waals surface area (Å²) in [5.74, 6) is 0.397. The summed E-state index contributed by atoms with van der Waals surface area (Å²) in [6.07, 6.45) is 0. The van der Waals surface area contributed by atoms with Crippen LogP contribution in [0, 0.1) is 0 Å². The van der Waals surface area contributed by atoms with Crippen molar-refractivity contribution in [3.63, 3.8) is 0 Å². The minimum absolute atomic E-state index is 0.0719. The lowest BCUT2D eigenvalue weighted by atomic mass is 10.1. The molecule has 1 saturated heterocycles. The number of anilines is 2. The van der Waals surface area contributed by atoms with Crippen LogP contribution in [-0.4, -0.2) is 49.5 Å². The van der Waals surface area contributed by atoms with Crippen LogP contribution in [0.5, 0.6) is 5.75 Å². The molecule has 1 aliphatic rings. The molecule has 0 unspecified atom stereocenters. The molecule has 1 fully saturated rings. The van der Waals surface area contributed by atoms with Crippen LogP contribution < -0.4 is 15.0 Å². The van der Waals surface area contributed by atoms with E-state index >= 15 is 0 Å². The van der Waals surface area contributed by atoms with Crippen molar-refractivity contribution in [3.05, 3.63) is 88.9 Å². The predicted octanol–water partition coefficient (Wildman–Crippen LogP) is 4.95. The topological polar surface area (TPSA) is 61.9 Å². The molecule has 7 heteroatoms. The molecule has 3 aromatic carbocycles. The molecule has 0 bridgehead atoms. The molecule has 3 aromatic rings. The minimum atomic E-state index is -0.235. The maximum absolute atomic E-state index is 12.6. The van der Waals surface area contributed by atoms with E-state index in [-0.39, 0.29) is 11.8 Å². The summed E-state index contributed by atoms with van der Waals surface area (Å²) in [5, 5.41) is 3.30. The van der Waals surface area contributed by atoms with Gasteiger partial charge in [0.1, 0.15) is 5.75 Å². The molecule has 0 aliphatic carbocycles. The molecule has 1 heterocycles. The van der Waals surface area contributed by atoms with E-state index in [2.05, 4.69) is 10.2 Å². The standard InChI is InChI=1S/C26H26ClN3O3/c1-2-33-24-13-8-20(18-23(24)27)25(31)28-21-9-11-22(12-10-21)29-14-16-30(17-15-29)26(32)19-6-4-3-5-7-19/h3-13,18H,2,14-17H2,1H3,(H,28,31). The molecule has 0 atom stereocenters. The zero-order valence-electron chi connectivity index (χ0n) is 18.5. The molecule has 170 valence electrons. The largest absolute Gasteiger partial charge is 0.492 e.